The highest BCUT2D eigenvalue weighted by molar-refractivity contribution is 5.95. The number of amides is 1. The summed E-state index contributed by atoms with van der Waals surface area (Å²) < 4.78 is 5.36. The molecule has 2 rings (SSSR count). The number of carboxylic acid groups (broad SMARTS) is 1. The molecule has 5 heteroatoms. The van der Waals surface area contributed by atoms with E-state index in [0.717, 1.165) is 0 Å². The summed E-state index contributed by atoms with van der Waals surface area (Å²) >= 11 is 0. The maximum absolute atomic E-state index is 12.4. The molecule has 1 fully saturated rings. The van der Waals surface area contributed by atoms with E-state index in [2.05, 4.69) is 0 Å². The highest BCUT2D eigenvalue weighted by Gasteiger charge is 2.39. The van der Waals surface area contributed by atoms with Crippen molar-refractivity contribution in [3.63, 3.8) is 0 Å². The molecule has 0 saturated carbocycles. The molecule has 1 N–H and O–H groups in total. The third-order valence-corrected chi connectivity index (χ3v) is 3.77. The highest BCUT2D eigenvalue weighted by atomic mass is 16.4. The Balaban J connectivity index is 2.20. The van der Waals surface area contributed by atoms with Crippen LogP contribution in [0.3, 0.4) is 0 Å². The van der Waals surface area contributed by atoms with E-state index < -0.39 is 11.4 Å². The number of piperidine rings is 1. The third-order valence-electron chi connectivity index (χ3n) is 3.77. The Morgan fingerprint density at radius 2 is 2.11 bits per heavy atom. The Labute approximate surface area is 112 Å². The number of carboxylic acids is 1. The lowest BCUT2D eigenvalue weighted by molar-refractivity contribution is -0.150. The summed E-state index contributed by atoms with van der Waals surface area (Å²) in [6.07, 6.45) is 1.32. The van der Waals surface area contributed by atoms with Crippen LogP contribution in [-0.2, 0) is 4.79 Å². The van der Waals surface area contributed by atoms with Crippen molar-refractivity contribution in [2.24, 2.45) is 5.41 Å². The summed E-state index contributed by atoms with van der Waals surface area (Å²) in [5.41, 5.74) is -0.312. The molecule has 0 aromatic carbocycles. The summed E-state index contributed by atoms with van der Waals surface area (Å²) in [5, 5.41) is 9.27. The second kappa shape index (κ2) is 4.72. The lowest BCUT2D eigenvalue weighted by Gasteiger charge is -2.37. The number of carbonyl (C=O) groups is 2. The van der Waals surface area contributed by atoms with Crippen molar-refractivity contribution in [2.45, 2.75) is 33.6 Å². The normalized spacial score (nSPS) is 23.4. The molecule has 2 heterocycles. The molecule has 1 amide bonds. The molecule has 0 bridgehead atoms. The number of hydrogen-bond donors (Lipinski definition) is 1. The topological polar surface area (TPSA) is 70.8 Å². The zero-order chi connectivity index (χ0) is 14.2. The molecule has 0 aliphatic carbocycles. The van der Waals surface area contributed by atoms with Crippen molar-refractivity contribution >= 4 is 11.9 Å². The minimum Gasteiger partial charge on any atom is -0.481 e. The predicted molar refractivity (Wildman–Crippen MR) is 69.1 cm³/mol. The van der Waals surface area contributed by atoms with Gasteiger partial charge in [0.05, 0.1) is 11.0 Å². The lowest BCUT2D eigenvalue weighted by atomic mass is 9.82. The van der Waals surface area contributed by atoms with Gasteiger partial charge in [0.25, 0.3) is 5.91 Å². The average Bonchev–Trinajstić information content (AvgIpc) is 2.67. The van der Waals surface area contributed by atoms with E-state index in [1.54, 1.807) is 31.7 Å². The SMILES string of the molecule is Cc1cc(C(=O)N2CCCC(C)(C(=O)O)C2)c(C)o1. The van der Waals surface area contributed by atoms with Gasteiger partial charge >= 0.3 is 5.97 Å². The van der Waals surface area contributed by atoms with Crippen LogP contribution in [0.15, 0.2) is 10.5 Å². The van der Waals surface area contributed by atoms with E-state index in [-0.39, 0.29) is 12.5 Å². The van der Waals surface area contributed by atoms with Gasteiger partial charge in [0.15, 0.2) is 0 Å². The maximum atomic E-state index is 12.4. The monoisotopic (exact) mass is 265 g/mol. The molecule has 0 spiro atoms. The first-order valence-corrected chi connectivity index (χ1v) is 6.43. The van der Waals surface area contributed by atoms with E-state index in [9.17, 15) is 14.7 Å². The zero-order valence-electron chi connectivity index (χ0n) is 11.5. The first-order valence-electron chi connectivity index (χ1n) is 6.43. The van der Waals surface area contributed by atoms with Crippen molar-refractivity contribution in [1.82, 2.24) is 4.90 Å². The van der Waals surface area contributed by atoms with Gasteiger partial charge < -0.3 is 14.4 Å². The standard InChI is InChI=1S/C14H19NO4/c1-9-7-11(10(2)19-9)12(16)15-6-4-5-14(3,8-15)13(17)18/h7H,4-6,8H2,1-3H3,(H,17,18). The predicted octanol–water partition coefficient (Wildman–Crippen LogP) is 2.22. The van der Waals surface area contributed by atoms with Gasteiger partial charge in [-0.15, -0.1) is 0 Å². The molecule has 5 nitrogen and oxygen atoms in total. The van der Waals surface area contributed by atoms with E-state index in [1.807, 2.05) is 0 Å². The molecule has 104 valence electrons. The van der Waals surface area contributed by atoms with Gasteiger partial charge in [-0.25, -0.2) is 0 Å². The van der Waals surface area contributed by atoms with Crippen LogP contribution in [0.2, 0.25) is 0 Å². The lowest BCUT2D eigenvalue weighted by Crippen LogP contribution is -2.48. The summed E-state index contributed by atoms with van der Waals surface area (Å²) in [6, 6.07) is 1.71. The van der Waals surface area contributed by atoms with Crippen LogP contribution in [0.1, 0.15) is 41.6 Å². The number of aliphatic carboxylic acids is 1. The minimum atomic E-state index is -0.847. The van der Waals surface area contributed by atoms with Gasteiger partial charge in [0.1, 0.15) is 11.5 Å². The van der Waals surface area contributed by atoms with Crippen LogP contribution < -0.4 is 0 Å². The molecule has 19 heavy (non-hydrogen) atoms. The Morgan fingerprint density at radius 3 is 2.63 bits per heavy atom. The third kappa shape index (κ3) is 2.50. The number of aryl methyl sites for hydroxylation is 2. The fraction of sp³-hybridized carbons (Fsp3) is 0.571. The molecule has 1 saturated heterocycles. The number of nitrogens with zero attached hydrogens (tertiary/aromatic N) is 1. The van der Waals surface area contributed by atoms with Gasteiger partial charge in [-0.2, -0.15) is 0 Å². The van der Waals surface area contributed by atoms with Crippen molar-refractivity contribution in [1.29, 1.82) is 0 Å². The molecular formula is C14H19NO4. The van der Waals surface area contributed by atoms with E-state index in [0.29, 0.717) is 36.5 Å². The first-order chi connectivity index (χ1) is 8.83. The van der Waals surface area contributed by atoms with Gasteiger partial charge in [0.2, 0.25) is 0 Å². The van der Waals surface area contributed by atoms with Crippen molar-refractivity contribution in [3.05, 3.63) is 23.2 Å². The van der Waals surface area contributed by atoms with Crippen molar-refractivity contribution in [2.75, 3.05) is 13.1 Å². The molecule has 1 aromatic heterocycles. The number of carbonyl (C=O) groups excluding carboxylic acids is 1. The fourth-order valence-corrected chi connectivity index (χ4v) is 2.60. The first kappa shape index (κ1) is 13.6. The summed E-state index contributed by atoms with van der Waals surface area (Å²) in [5.74, 6) is 0.301. The smallest absolute Gasteiger partial charge is 0.311 e. The Bertz CT molecular complexity index is 520. The summed E-state index contributed by atoms with van der Waals surface area (Å²) in [7, 11) is 0. The molecule has 1 unspecified atom stereocenters. The molecular weight excluding hydrogens is 246 g/mol. The highest BCUT2D eigenvalue weighted by Crippen LogP contribution is 2.31. The van der Waals surface area contributed by atoms with Crippen LogP contribution in [0.5, 0.6) is 0 Å². The average molecular weight is 265 g/mol. The van der Waals surface area contributed by atoms with Crippen molar-refractivity contribution < 1.29 is 19.1 Å². The molecule has 0 radical (unpaired) electrons. The molecule has 1 aliphatic heterocycles. The van der Waals surface area contributed by atoms with Crippen LogP contribution in [-0.4, -0.2) is 35.0 Å². The van der Waals surface area contributed by atoms with E-state index in [1.165, 1.54) is 0 Å². The summed E-state index contributed by atoms with van der Waals surface area (Å²) in [6.45, 7) is 6.10. The zero-order valence-corrected chi connectivity index (χ0v) is 11.5. The van der Waals surface area contributed by atoms with E-state index >= 15 is 0 Å². The molecule has 1 aliphatic rings. The number of hydrogen-bond acceptors (Lipinski definition) is 3. The van der Waals surface area contributed by atoms with Gasteiger partial charge in [0, 0.05) is 13.1 Å². The largest absolute Gasteiger partial charge is 0.481 e. The Morgan fingerprint density at radius 1 is 1.42 bits per heavy atom. The van der Waals surface area contributed by atoms with Crippen LogP contribution in [0, 0.1) is 19.3 Å². The quantitative estimate of drug-likeness (QED) is 0.890. The van der Waals surface area contributed by atoms with Crippen LogP contribution in [0.4, 0.5) is 0 Å². The van der Waals surface area contributed by atoms with Gasteiger partial charge in [-0.3, -0.25) is 9.59 Å². The number of rotatable bonds is 2. The fourth-order valence-electron chi connectivity index (χ4n) is 2.60. The van der Waals surface area contributed by atoms with Crippen LogP contribution >= 0.6 is 0 Å². The Hall–Kier alpha value is -1.78. The van der Waals surface area contributed by atoms with E-state index in [4.69, 9.17) is 4.42 Å². The minimum absolute atomic E-state index is 0.137. The van der Waals surface area contributed by atoms with Crippen molar-refractivity contribution in [3.8, 4) is 0 Å². The number of likely N-dealkylation sites (tertiary alicyclic amines) is 1. The Kier molecular flexibility index (Phi) is 3.39. The molecule has 1 atom stereocenters. The molecule has 1 aromatic rings. The number of furan rings is 1. The van der Waals surface area contributed by atoms with Gasteiger partial charge in [-0.05, 0) is 39.7 Å². The second-order valence-corrected chi connectivity index (χ2v) is 5.52. The maximum Gasteiger partial charge on any atom is 0.311 e. The second-order valence-electron chi connectivity index (χ2n) is 5.52. The van der Waals surface area contributed by atoms with Gasteiger partial charge in [-0.1, -0.05) is 0 Å². The summed E-state index contributed by atoms with van der Waals surface area (Å²) in [4.78, 5) is 25.3. The van der Waals surface area contributed by atoms with Crippen LogP contribution in [0.25, 0.3) is 0 Å².